The fourth-order valence-electron chi connectivity index (χ4n) is 3.03. The Hall–Kier alpha value is -1.44. The molecular formula is C18H25N3O2S2. The highest BCUT2D eigenvalue weighted by molar-refractivity contribution is 7.89. The number of thiazole rings is 1. The Bertz CT molecular complexity index is 825. The van der Waals surface area contributed by atoms with Crippen LogP contribution in [0.1, 0.15) is 36.1 Å². The zero-order valence-electron chi connectivity index (χ0n) is 14.8. The zero-order valence-corrected chi connectivity index (χ0v) is 16.4. The number of rotatable bonds is 6. The van der Waals surface area contributed by atoms with Crippen LogP contribution in [0, 0.1) is 13.8 Å². The van der Waals surface area contributed by atoms with Gasteiger partial charge in [-0.2, -0.15) is 0 Å². The third kappa shape index (κ3) is 4.59. The van der Waals surface area contributed by atoms with Gasteiger partial charge in [-0.1, -0.05) is 12.1 Å². The fourth-order valence-corrected chi connectivity index (χ4v) is 5.30. The minimum absolute atomic E-state index is 0.360. The molecule has 0 aliphatic carbocycles. The Morgan fingerprint density at radius 2 is 1.96 bits per heavy atom. The molecule has 1 N–H and O–H groups in total. The van der Waals surface area contributed by atoms with E-state index in [1.54, 1.807) is 17.4 Å². The summed E-state index contributed by atoms with van der Waals surface area (Å²) in [6, 6.07) is 5.48. The molecule has 1 aliphatic rings. The summed E-state index contributed by atoms with van der Waals surface area (Å²) in [5.74, 6) is 0. The standard InChI is InChI=1S/C18H25N3O2S2/c1-14-6-7-15(2)17(12-14)25(22,23)19-9-8-16-13-24-18(20-16)21-10-4-3-5-11-21/h6-7,12-13,19H,3-5,8-11H2,1-2H3. The molecule has 3 rings (SSSR count). The Labute approximate surface area is 154 Å². The Morgan fingerprint density at radius 3 is 2.72 bits per heavy atom. The van der Waals surface area contributed by atoms with Crippen LogP contribution in [0.5, 0.6) is 0 Å². The van der Waals surface area contributed by atoms with Crippen molar-refractivity contribution in [3.8, 4) is 0 Å². The minimum Gasteiger partial charge on any atom is -0.348 e. The second-order valence-corrected chi connectivity index (χ2v) is 9.16. The number of anilines is 1. The van der Waals surface area contributed by atoms with E-state index in [9.17, 15) is 8.42 Å². The largest absolute Gasteiger partial charge is 0.348 e. The molecule has 7 heteroatoms. The number of aromatic nitrogens is 1. The average molecular weight is 380 g/mol. The number of benzene rings is 1. The van der Waals surface area contributed by atoms with Gasteiger partial charge >= 0.3 is 0 Å². The predicted octanol–water partition coefficient (Wildman–Crippen LogP) is 3.27. The van der Waals surface area contributed by atoms with Gasteiger partial charge in [-0.3, -0.25) is 0 Å². The molecule has 1 fully saturated rings. The van der Waals surface area contributed by atoms with Crippen LogP contribution in [-0.4, -0.2) is 33.0 Å². The van der Waals surface area contributed by atoms with Crippen LogP contribution in [0.15, 0.2) is 28.5 Å². The zero-order chi connectivity index (χ0) is 17.9. The summed E-state index contributed by atoms with van der Waals surface area (Å²) < 4.78 is 27.7. The summed E-state index contributed by atoms with van der Waals surface area (Å²) in [5, 5.41) is 3.10. The van der Waals surface area contributed by atoms with Crippen molar-refractivity contribution in [3.63, 3.8) is 0 Å². The average Bonchev–Trinajstić information content (AvgIpc) is 3.06. The first-order valence-electron chi connectivity index (χ1n) is 8.72. The number of piperidine rings is 1. The molecular weight excluding hydrogens is 354 g/mol. The molecule has 1 saturated heterocycles. The molecule has 136 valence electrons. The fraction of sp³-hybridized carbons (Fsp3) is 0.500. The molecule has 1 aromatic heterocycles. The van der Waals surface area contributed by atoms with Crippen LogP contribution in [0.4, 0.5) is 5.13 Å². The highest BCUT2D eigenvalue weighted by Crippen LogP contribution is 2.24. The van der Waals surface area contributed by atoms with Crippen molar-refractivity contribution in [3.05, 3.63) is 40.4 Å². The summed E-state index contributed by atoms with van der Waals surface area (Å²) in [4.78, 5) is 7.36. The van der Waals surface area contributed by atoms with Crippen LogP contribution in [0.25, 0.3) is 0 Å². The van der Waals surface area contributed by atoms with E-state index < -0.39 is 10.0 Å². The van der Waals surface area contributed by atoms with Gasteiger partial charge in [-0.05, 0) is 50.3 Å². The molecule has 0 radical (unpaired) electrons. The monoisotopic (exact) mass is 379 g/mol. The normalized spacial score (nSPS) is 15.5. The third-order valence-electron chi connectivity index (χ3n) is 4.47. The van der Waals surface area contributed by atoms with Gasteiger partial charge in [0.05, 0.1) is 10.6 Å². The SMILES string of the molecule is Cc1ccc(C)c(S(=O)(=O)NCCc2csc(N3CCCCC3)n2)c1. The van der Waals surface area contributed by atoms with Crippen molar-refractivity contribution < 1.29 is 8.42 Å². The molecule has 0 amide bonds. The number of nitrogens with one attached hydrogen (secondary N) is 1. The molecule has 0 spiro atoms. The van der Waals surface area contributed by atoms with Crippen molar-refractivity contribution >= 4 is 26.5 Å². The molecule has 0 bridgehead atoms. The van der Waals surface area contributed by atoms with Gasteiger partial charge in [0.2, 0.25) is 10.0 Å². The molecule has 0 atom stereocenters. The first kappa shape index (κ1) is 18.4. The first-order valence-corrected chi connectivity index (χ1v) is 11.1. The summed E-state index contributed by atoms with van der Waals surface area (Å²) in [6.45, 7) is 6.23. The first-order chi connectivity index (χ1) is 12.0. The highest BCUT2D eigenvalue weighted by Gasteiger charge is 2.17. The van der Waals surface area contributed by atoms with Gasteiger partial charge in [-0.15, -0.1) is 11.3 Å². The Kier molecular flexibility index (Phi) is 5.76. The molecule has 0 unspecified atom stereocenters. The van der Waals surface area contributed by atoms with E-state index in [1.165, 1.54) is 19.3 Å². The molecule has 25 heavy (non-hydrogen) atoms. The summed E-state index contributed by atoms with van der Waals surface area (Å²) in [6.07, 6.45) is 4.36. The second kappa shape index (κ2) is 7.85. The lowest BCUT2D eigenvalue weighted by Gasteiger charge is -2.25. The molecule has 2 aromatic rings. The van der Waals surface area contributed by atoms with E-state index in [4.69, 9.17) is 0 Å². The number of aryl methyl sites for hydroxylation is 2. The number of nitrogens with zero attached hydrogens (tertiary/aromatic N) is 2. The van der Waals surface area contributed by atoms with E-state index in [2.05, 4.69) is 14.6 Å². The number of hydrogen-bond acceptors (Lipinski definition) is 5. The quantitative estimate of drug-likeness (QED) is 0.837. The molecule has 1 aliphatic heterocycles. The van der Waals surface area contributed by atoms with E-state index in [-0.39, 0.29) is 0 Å². The van der Waals surface area contributed by atoms with E-state index in [1.807, 2.05) is 31.4 Å². The van der Waals surface area contributed by atoms with Crippen LogP contribution in [0.3, 0.4) is 0 Å². The van der Waals surface area contributed by atoms with Crippen molar-refractivity contribution in [2.75, 3.05) is 24.5 Å². The lowest BCUT2D eigenvalue weighted by molar-refractivity contribution is 0.575. The maximum absolute atomic E-state index is 12.5. The molecule has 2 heterocycles. The molecule has 0 saturated carbocycles. The number of sulfonamides is 1. The third-order valence-corrected chi connectivity index (χ3v) is 7.03. The van der Waals surface area contributed by atoms with Crippen molar-refractivity contribution in [1.82, 2.24) is 9.71 Å². The van der Waals surface area contributed by atoms with Crippen LogP contribution < -0.4 is 9.62 Å². The van der Waals surface area contributed by atoms with Crippen LogP contribution >= 0.6 is 11.3 Å². The molecule has 5 nitrogen and oxygen atoms in total. The van der Waals surface area contributed by atoms with E-state index >= 15 is 0 Å². The second-order valence-electron chi connectivity index (χ2n) is 6.59. The smallest absolute Gasteiger partial charge is 0.240 e. The topological polar surface area (TPSA) is 62.3 Å². The number of hydrogen-bond donors (Lipinski definition) is 1. The van der Waals surface area contributed by atoms with Crippen LogP contribution in [-0.2, 0) is 16.4 Å². The predicted molar refractivity (Wildman–Crippen MR) is 103 cm³/mol. The van der Waals surface area contributed by atoms with Gasteiger partial charge in [0.25, 0.3) is 0 Å². The van der Waals surface area contributed by atoms with E-state index in [0.29, 0.717) is 17.9 Å². The maximum atomic E-state index is 12.5. The summed E-state index contributed by atoms with van der Waals surface area (Å²) in [5.41, 5.74) is 2.66. The minimum atomic E-state index is -3.48. The van der Waals surface area contributed by atoms with Crippen molar-refractivity contribution in [1.29, 1.82) is 0 Å². The van der Waals surface area contributed by atoms with Gasteiger partial charge in [-0.25, -0.2) is 18.1 Å². The van der Waals surface area contributed by atoms with E-state index in [0.717, 1.165) is 35.0 Å². The Morgan fingerprint density at radius 1 is 1.20 bits per heavy atom. The van der Waals surface area contributed by atoms with Crippen LogP contribution in [0.2, 0.25) is 0 Å². The summed E-state index contributed by atoms with van der Waals surface area (Å²) in [7, 11) is -3.48. The van der Waals surface area contributed by atoms with Gasteiger partial charge in [0.15, 0.2) is 5.13 Å². The van der Waals surface area contributed by atoms with Crippen molar-refractivity contribution in [2.24, 2.45) is 0 Å². The summed E-state index contributed by atoms with van der Waals surface area (Å²) >= 11 is 1.65. The van der Waals surface area contributed by atoms with Gasteiger partial charge in [0.1, 0.15) is 0 Å². The van der Waals surface area contributed by atoms with Gasteiger partial charge < -0.3 is 4.90 Å². The molecule has 1 aromatic carbocycles. The lowest BCUT2D eigenvalue weighted by atomic mass is 10.1. The van der Waals surface area contributed by atoms with Crippen molar-refractivity contribution in [2.45, 2.75) is 44.4 Å². The van der Waals surface area contributed by atoms with Gasteiger partial charge in [0, 0.05) is 31.4 Å². The lowest BCUT2D eigenvalue weighted by Crippen LogP contribution is -2.29. The highest BCUT2D eigenvalue weighted by atomic mass is 32.2. The Balaban J connectivity index is 1.59. The maximum Gasteiger partial charge on any atom is 0.240 e.